The SMILES string of the molecule is CCNC(=NCC(O)c1cc(OC)ccc1OC)N1CC(C)CC(C)C1. The molecule has 0 amide bonds. The van der Waals surface area contributed by atoms with Crippen LogP contribution in [0.1, 0.15) is 38.9 Å². The molecule has 0 bridgehead atoms. The van der Waals surface area contributed by atoms with E-state index in [-0.39, 0.29) is 6.54 Å². The van der Waals surface area contributed by atoms with Crippen molar-refractivity contribution in [2.45, 2.75) is 33.3 Å². The van der Waals surface area contributed by atoms with Crippen molar-refractivity contribution in [1.82, 2.24) is 10.2 Å². The molecule has 1 heterocycles. The number of guanidine groups is 1. The summed E-state index contributed by atoms with van der Waals surface area (Å²) < 4.78 is 10.6. The maximum atomic E-state index is 10.7. The van der Waals surface area contributed by atoms with Gasteiger partial charge in [0.15, 0.2) is 5.96 Å². The predicted octanol–water partition coefficient (Wildman–Crippen LogP) is 2.68. The lowest BCUT2D eigenvalue weighted by molar-refractivity contribution is 0.179. The number of hydrogen-bond donors (Lipinski definition) is 2. The summed E-state index contributed by atoms with van der Waals surface area (Å²) in [6.45, 7) is 9.68. The molecule has 3 atom stereocenters. The largest absolute Gasteiger partial charge is 0.497 e. The van der Waals surface area contributed by atoms with Crippen LogP contribution in [-0.2, 0) is 0 Å². The van der Waals surface area contributed by atoms with Crippen molar-refractivity contribution in [2.75, 3.05) is 40.4 Å². The molecule has 0 radical (unpaired) electrons. The molecule has 1 aliphatic heterocycles. The van der Waals surface area contributed by atoms with Crippen LogP contribution in [0.2, 0.25) is 0 Å². The molecule has 2 rings (SSSR count). The minimum absolute atomic E-state index is 0.269. The first-order chi connectivity index (χ1) is 12.5. The Labute approximate surface area is 157 Å². The monoisotopic (exact) mass is 363 g/mol. The predicted molar refractivity (Wildman–Crippen MR) is 105 cm³/mol. The van der Waals surface area contributed by atoms with E-state index in [0.717, 1.165) is 25.6 Å². The van der Waals surface area contributed by atoms with E-state index in [1.54, 1.807) is 26.4 Å². The van der Waals surface area contributed by atoms with Crippen LogP contribution in [0.15, 0.2) is 23.2 Å². The second-order valence-corrected chi connectivity index (χ2v) is 7.17. The van der Waals surface area contributed by atoms with Crippen LogP contribution in [0.4, 0.5) is 0 Å². The molecule has 1 aromatic carbocycles. The number of nitrogens with zero attached hydrogens (tertiary/aromatic N) is 2. The van der Waals surface area contributed by atoms with E-state index < -0.39 is 6.10 Å². The quantitative estimate of drug-likeness (QED) is 0.601. The maximum absolute atomic E-state index is 10.7. The zero-order valence-corrected chi connectivity index (χ0v) is 16.7. The Balaban J connectivity index is 2.16. The molecule has 1 aromatic rings. The third-order valence-electron chi connectivity index (χ3n) is 4.71. The number of aliphatic hydroxyl groups is 1. The van der Waals surface area contributed by atoms with E-state index in [9.17, 15) is 5.11 Å². The number of ether oxygens (including phenoxy) is 2. The van der Waals surface area contributed by atoms with Gasteiger partial charge in [0.25, 0.3) is 0 Å². The number of rotatable bonds is 6. The van der Waals surface area contributed by atoms with Gasteiger partial charge in [-0.3, -0.25) is 4.99 Å². The summed E-state index contributed by atoms with van der Waals surface area (Å²) in [6.07, 6.45) is 0.493. The topological polar surface area (TPSA) is 66.3 Å². The van der Waals surface area contributed by atoms with E-state index >= 15 is 0 Å². The van der Waals surface area contributed by atoms with Crippen molar-refractivity contribution in [3.8, 4) is 11.5 Å². The van der Waals surface area contributed by atoms with Gasteiger partial charge in [-0.05, 0) is 43.4 Å². The third-order valence-corrected chi connectivity index (χ3v) is 4.71. The van der Waals surface area contributed by atoms with Crippen LogP contribution in [-0.4, -0.2) is 56.4 Å². The van der Waals surface area contributed by atoms with Crippen LogP contribution in [0.25, 0.3) is 0 Å². The van der Waals surface area contributed by atoms with Crippen molar-refractivity contribution in [3.63, 3.8) is 0 Å². The Bertz CT molecular complexity index is 596. The van der Waals surface area contributed by atoms with Crippen LogP contribution in [0.3, 0.4) is 0 Å². The van der Waals surface area contributed by atoms with Crippen molar-refractivity contribution in [3.05, 3.63) is 23.8 Å². The standard InChI is InChI=1S/C20H33N3O3/c1-6-21-20(23-12-14(2)9-15(3)13-23)22-11-18(24)17-10-16(25-4)7-8-19(17)26-5/h7-8,10,14-15,18,24H,6,9,11-13H2,1-5H3,(H,21,22). The number of nitrogens with one attached hydrogen (secondary N) is 1. The Hall–Kier alpha value is -1.95. The lowest BCUT2D eigenvalue weighted by Gasteiger charge is -2.37. The van der Waals surface area contributed by atoms with Gasteiger partial charge in [0.05, 0.1) is 20.8 Å². The van der Waals surface area contributed by atoms with Gasteiger partial charge < -0.3 is 24.8 Å². The summed E-state index contributed by atoms with van der Waals surface area (Å²) >= 11 is 0. The second-order valence-electron chi connectivity index (χ2n) is 7.17. The smallest absolute Gasteiger partial charge is 0.194 e. The van der Waals surface area contributed by atoms with Crippen molar-refractivity contribution < 1.29 is 14.6 Å². The maximum Gasteiger partial charge on any atom is 0.194 e. The number of piperidine rings is 1. The van der Waals surface area contributed by atoms with Gasteiger partial charge >= 0.3 is 0 Å². The molecule has 0 aliphatic carbocycles. The van der Waals surface area contributed by atoms with E-state index in [1.807, 2.05) is 6.07 Å². The fourth-order valence-electron chi connectivity index (χ4n) is 3.63. The number of aliphatic hydroxyl groups excluding tert-OH is 1. The molecule has 1 saturated heterocycles. The zero-order valence-electron chi connectivity index (χ0n) is 16.7. The molecular formula is C20H33N3O3. The minimum Gasteiger partial charge on any atom is -0.497 e. The Morgan fingerprint density at radius 1 is 1.27 bits per heavy atom. The van der Waals surface area contributed by atoms with E-state index in [2.05, 4.69) is 31.0 Å². The fourth-order valence-corrected chi connectivity index (χ4v) is 3.63. The highest BCUT2D eigenvalue weighted by Gasteiger charge is 2.24. The number of likely N-dealkylation sites (tertiary alicyclic amines) is 1. The zero-order chi connectivity index (χ0) is 19.1. The molecule has 146 valence electrons. The number of hydrogen-bond acceptors (Lipinski definition) is 4. The highest BCUT2D eigenvalue weighted by molar-refractivity contribution is 5.80. The molecule has 6 nitrogen and oxygen atoms in total. The summed E-state index contributed by atoms with van der Waals surface area (Å²) in [5, 5.41) is 14.0. The molecule has 0 aromatic heterocycles. The van der Waals surface area contributed by atoms with Gasteiger partial charge in [0.1, 0.15) is 17.6 Å². The number of methoxy groups -OCH3 is 2. The lowest BCUT2D eigenvalue weighted by Crippen LogP contribution is -2.48. The molecule has 6 heteroatoms. The first-order valence-corrected chi connectivity index (χ1v) is 9.41. The molecule has 1 fully saturated rings. The minimum atomic E-state index is -0.756. The summed E-state index contributed by atoms with van der Waals surface area (Å²) in [5.41, 5.74) is 0.687. The second kappa shape index (κ2) is 9.67. The van der Waals surface area contributed by atoms with E-state index in [1.165, 1.54) is 6.42 Å². The average Bonchev–Trinajstić information content (AvgIpc) is 2.63. The molecule has 2 N–H and O–H groups in total. The summed E-state index contributed by atoms with van der Waals surface area (Å²) in [6, 6.07) is 5.43. The van der Waals surface area contributed by atoms with Gasteiger partial charge in [-0.15, -0.1) is 0 Å². The van der Waals surface area contributed by atoms with Crippen molar-refractivity contribution in [1.29, 1.82) is 0 Å². The molecule has 1 aliphatic rings. The van der Waals surface area contributed by atoms with E-state index in [0.29, 0.717) is 28.9 Å². The lowest BCUT2D eigenvalue weighted by atomic mass is 9.92. The number of benzene rings is 1. The van der Waals surface area contributed by atoms with Crippen molar-refractivity contribution in [2.24, 2.45) is 16.8 Å². The first-order valence-electron chi connectivity index (χ1n) is 9.41. The normalized spacial score (nSPS) is 22.1. The average molecular weight is 364 g/mol. The van der Waals surface area contributed by atoms with E-state index in [4.69, 9.17) is 14.5 Å². The Morgan fingerprint density at radius 3 is 2.54 bits per heavy atom. The van der Waals surface area contributed by atoms with Crippen LogP contribution >= 0.6 is 0 Å². The van der Waals surface area contributed by atoms with Crippen LogP contribution < -0.4 is 14.8 Å². The number of aliphatic imine (C=N–C) groups is 1. The Morgan fingerprint density at radius 2 is 1.96 bits per heavy atom. The summed E-state index contributed by atoms with van der Waals surface area (Å²) in [5.74, 6) is 3.48. The fraction of sp³-hybridized carbons (Fsp3) is 0.650. The van der Waals surface area contributed by atoms with Gasteiger partial charge in [-0.1, -0.05) is 13.8 Å². The first kappa shape index (κ1) is 20.4. The van der Waals surface area contributed by atoms with Crippen molar-refractivity contribution >= 4 is 5.96 Å². The highest BCUT2D eigenvalue weighted by atomic mass is 16.5. The van der Waals surface area contributed by atoms with Gasteiger partial charge in [0, 0.05) is 25.2 Å². The molecule has 0 spiro atoms. The van der Waals surface area contributed by atoms with Gasteiger partial charge in [-0.25, -0.2) is 0 Å². The summed E-state index contributed by atoms with van der Waals surface area (Å²) in [4.78, 5) is 7.00. The third kappa shape index (κ3) is 5.27. The molecule has 3 unspecified atom stereocenters. The van der Waals surface area contributed by atoms with Gasteiger partial charge in [-0.2, -0.15) is 0 Å². The van der Waals surface area contributed by atoms with Crippen LogP contribution in [0, 0.1) is 11.8 Å². The van der Waals surface area contributed by atoms with Gasteiger partial charge in [0.2, 0.25) is 0 Å². The van der Waals surface area contributed by atoms with Crippen LogP contribution in [0.5, 0.6) is 11.5 Å². The highest BCUT2D eigenvalue weighted by Crippen LogP contribution is 2.29. The molecular weight excluding hydrogens is 330 g/mol. The Kier molecular flexibility index (Phi) is 7.57. The molecule has 0 saturated carbocycles. The molecule has 26 heavy (non-hydrogen) atoms. The summed E-state index contributed by atoms with van der Waals surface area (Å²) in [7, 11) is 3.21.